The van der Waals surface area contributed by atoms with Gasteiger partial charge in [0.1, 0.15) is 6.04 Å². The first-order chi connectivity index (χ1) is 18.6. The molecule has 1 saturated heterocycles. The van der Waals surface area contributed by atoms with E-state index >= 15 is 0 Å². The molecule has 0 radical (unpaired) electrons. The molecule has 2 amide bonds. The molecule has 0 aliphatic carbocycles. The molecule has 1 aliphatic heterocycles. The van der Waals surface area contributed by atoms with Gasteiger partial charge in [-0.15, -0.1) is 24.8 Å². The fraction of sp³-hybridized carbons (Fsp3) is 0.444. The minimum Gasteiger partial charge on any atom is -0.370 e. The van der Waals surface area contributed by atoms with E-state index in [-0.39, 0.29) is 55.3 Å². The van der Waals surface area contributed by atoms with E-state index in [0.717, 1.165) is 18.4 Å². The molecule has 2 aromatic carbocycles. The minimum atomic E-state index is -0.903. The van der Waals surface area contributed by atoms with Crippen molar-refractivity contribution in [2.45, 2.75) is 63.2 Å². The zero-order valence-electron chi connectivity index (χ0n) is 23.0. The first-order valence-corrected chi connectivity index (χ1v) is 13.1. The number of carbonyl (C=O) groups is 2. The predicted molar refractivity (Wildman–Crippen MR) is 165 cm³/mol. The lowest BCUT2D eigenvalue weighted by molar-refractivity contribution is -0.384. The van der Waals surface area contributed by atoms with Crippen LogP contribution in [0.5, 0.6) is 0 Å². The van der Waals surface area contributed by atoms with Gasteiger partial charge in [-0.05, 0) is 69.7 Å². The number of rotatable bonds is 12. The molecular weight excluding hydrogens is 571 g/mol. The summed E-state index contributed by atoms with van der Waals surface area (Å²) in [6, 6.07) is 13.2. The molecule has 1 heterocycles. The van der Waals surface area contributed by atoms with Crippen molar-refractivity contribution < 1.29 is 14.5 Å². The molecule has 1 unspecified atom stereocenters. The smallest absolute Gasteiger partial charge is 0.269 e. The summed E-state index contributed by atoms with van der Waals surface area (Å²) in [5, 5.41) is 17.3. The molecule has 0 saturated carbocycles. The largest absolute Gasteiger partial charge is 0.370 e. The summed E-state index contributed by atoms with van der Waals surface area (Å²) in [7, 11) is 0. The number of carbonyl (C=O) groups excluding carboxylic acids is 2. The van der Waals surface area contributed by atoms with E-state index < -0.39 is 28.6 Å². The highest BCUT2D eigenvalue weighted by atomic mass is 35.5. The van der Waals surface area contributed by atoms with Gasteiger partial charge < -0.3 is 27.4 Å². The van der Waals surface area contributed by atoms with Crippen LogP contribution in [0, 0.1) is 10.1 Å². The van der Waals surface area contributed by atoms with Crippen molar-refractivity contribution in [2.24, 2.45) is 22.2 Å². The monoisotopic (exact) mass is 610 g/mol. The number of non-ortho nitro benzene ring substituents is 1. The highest BCUT2D eigenvalue weighted by Gasteiger charge is 2.44. The van der Waals surface area contributed by atoms with Crippen molar-refractivity contribution in [1.29, 1.82) is 0 Å². The lowest BCUT2D eigenvalue weighted by Crippen LogP contribution is -2.68. The molecule has 1 aliphatic rings. The van der Waals surface area contributed by atoms with Gasteiger partial charge in [0, 0.05) is 24.4 Å². The third-order valence-electron chi connectivity index (χ3n) is 6.87. The van der Waals surface area contributed by atoms with Crippen LogP contribution in [0.2, 0.25) is 0 Å². The molecule has 0 bridgehead atoms. The highest BCUT2D eigenvalue weighted by Crippen LogP contribution is 2.29. The number of nitrogens with one attached hydrogen (secondary N) is 2. The van der Waals surface area contributed by atoms with Crippen molar-refractivity contribution in [3.05, 3.63) is 70.3 Å². The van der Waals surface area contributed by atoms with Crippen LogP contribution >= 0.6 is 24.8 Å². The molecule has 12 nitrogen and oxygen atoms in total. The topological polar surface area (TPSA) is 195 Å². The number of benzene rings is 2. The Morgan fingerprint density at radius 3 is 2.34 bits per heavy atom. The van der Waals surface area contributed by atoms with E-state index in [9.17, 15) is 19.7 Å². The van der Waals surface area contributed by atoms with E-state index in [4.69, 9.17) is 17.2 Å². The Bertz CT molecular complexity index is 1160. The molecule has 0 aromatic heterocycles. The second-order valence-corrected chi connectivity index (χ2v) is 9.92. The van der Waals surface area contributed by atoms with Gasteiger partial charge in [0.2, 0.25) is 11.8 Å². The molecule has 2 aromatic rings. The number of amides is 2. The summed E-state index contributed by atoms with van der Waals surface area (Å²) in [5.41, 5.74) is 17.8. The van der Waals surface area contributed by atoms with E-state index in [2.05, 4.69) is 15.6 Å². The standard InChI is InChI=1S/C27H38N8O4.2ClH/c1-27(15-5-6-17-32-27)34(25(37)22(28)18-19-8-3-2-4-9-19)23(10-7-16-31-26(29)30)24(36)33-20-11-13-21(14-12-20)35(38)39;;/h2-4,8-9,11-14,22-23,32H,5-7,10,15-18,28H2,1H3,(H,33,36)(H4,29,30,31);2*1H/t22-,23-,27?;;/m0../s1. The van der Waals surface area contributed by atoms with Crippen molar-refractivity contribution in [3.63, 3.8) is 0 Å². The number of halogens is 2. The number of guanidine groups is 1. The molecular formula is C27H40Cl2N8O4. The summed E-state index contributed by atoms with van der Waals surface area (Å²) in [4.78, 5) is 44.0. The van der Waals surface area contributed by atoms with Crippen LogP contribution in [-0.2, 0) is 16.0 Å². The fourth-order valence-electron chi connectivity index (χ4n) is 4.88. The molecule has 41 heavy (non-hydrogen) atoms. The maximum atomic E-state index is 14.0. The number of hydrogen-bond donors (Lipinski definition) is 5. The Balaban J connectivity index is 0.00000420. The number of hydrogen-bond acceptors (Lipinski definition) is 7. The lowest BCUT2D eigenvalue weighted by atomic mass is 9.92. The summed E-state index contributed by atoms with van der Waals surface area (Å²) in [6.07, 6.45) is 3.51. The Hall–Kier alpha value is -3.45. The average Bonchev–Trinajstić information content (AvgIpc) is 2.91. The summed E-state index contributed by atoms with van der Waals surface area (Å²) in [5.74, 6) is -0.829. The van der Waals surface area contributed by atoms with E-state index in [1.54, 1.807) is 4.90 Å². The zero-order chi connectivity index (χ0) is 28.4. The Morgan fingerprint density at radius 2 is 1.78 bits per heavy atom. The fourth-order valence-corrected chi connectivity index (χ4v) is 4.88. The van der Waals surface area contributed by atoms with E-state index in [1.165, 1.54) is 24.3 Å². The van der Waals surface area contributed by atoms with Crippen LogP contribution in [0.3, 0.4) is 0 Å². The summed E-state index contributed by atoms with van der Waals surface area (Å²) >= 11 is 0. The molecule has 3 atom stereocenters. The van der Waals surface area contributed by atoms with Crippen LogP contribution in [0.1, 0.15) is 44.6 Å². The second-order valence-electron chi connectivity index (χ2n) is 9.92. The third-order valence-corrected chi connectivity index (χ3v) is 6.87. The van der Waals surface area contributed by atoms with Crippen LogP contribution < -0.4 is 27.8 Å². The number of anilines is 1. The molecule has 0 spiro atoms. The first kappa shape index (κ1) is 35.6. The van der Waals surface area contributed by atoms with Crippen LogP contribution in [0.25, 0.3) is 0 Å². The molecule has 1 fully saturated rings. The SMILES string of the molecule is CC1(N(C(=O)[C@@H](N)Cc2ccccc2)[C@@H](CCCN=C(N)N)C(=O)Nc2ccc([N+](=O)[O-])cc2)CCCCN1.Cl.Cl. The van der Waals surface area contributed by atoms with Crippen molar-refractivity contribution >= 4 is 54.0 Å². The third kappa shape index (κ3) is 10.2. The van der Waals surface area contributed by atoms with Gasteiger partial charge in [-0.3, -0.25) is 30.0 Å². The molecule has 226 valence electrons. The Labute approximate surface area is 252 Å². The van der Waals surface area contributed by atoms with E-state index in [1.807, 2.05) is 37.3 Å². The second kappa shape index (κ2) is 16.7. The number of nitro benzene ring substituents is 1. The van der Waals surface area contributed by atoms with Crippen LogP contribution in [0.4, 0.5) is 11.4 Å². The van der Waals surface area contributed by atoms with Crippen LogP contribution in [-0.4, -0.2) is 58.4 Å². The highest BCUT2D eigenvalue weighted by molar-refractivity contribution is 5.98. The average molecular weight is 612 g/mol. The van der Waals surface area contributed by atoms with Gasteiger partial charge in [-0.1, -0.05) is 30.3 Å². The lowest BCUT2D eigenvalue weighted by Gasteiger charge is -2.48. The van der Waals surface area contributed by atoms with Gasteiger partial charge in [0.05, 0.1) is 16.6 Å². The maximum Gasteiger partial charge on any atom is 0.269 e. The number of nitrogens with zero attached hydrogens (tertiary/aromatic N) is 3. The molecule has 8 N–H and O–H groups in total. The molecule has 14 heteroatoms. The van der Waals surface area contributed by atoms with Gasteiger partial charge in [-0.2, -0.15) is 0 Å². The predicted octanol–water partition coefficient (Wildman–Crippen LogP) is 2.69. The number of nitrogens with two attached hydrogens (primary N) is 3. The van der Waals surface area contributed by atoms with Gasteiger partial charge in [0.15, 0.2) is 5.96 Å². The first-order valence-electron chi connectivity index (χ1n) is 13.1. The zero-order valence-corrected chi connectivity index (χ0v) is 24.7. The van der Waals surface area contributed by atoms with Crippen molar-refractivity contribution in [2.75, 3.05) is 18.4 Å². The van der Waals surface area contributed by atoms with Gasteiger partial charge >= 0.3 is 0 Å². The Morgan fingerprint density at radius 1 is 1.12 bits per heavy atom. The Kier molecular flexibility index (Phi) is 14.5. The van der Waals surface area contributed by atoms with Crippen molar-refractivity contribution in [1.82, 2.24) is 10.2 Å². The molecule has 3 rings (SSSR count). The van der Waals surface area contributed by atoms with Gasteiger partial charge in [-0.25, -0.2) is 0 Å². The van der Waals surface area contributed by atoms with Gasteiger partial charge in [0.25, 0.3) is 5.69 Å². The van der Waals surface area contributed by atoms with Crippen molar-refractivity contribution in [3.8, 4) is 0 Å². The quantitative estimate of drug-likeness (QED) is 0.0794. The minimum absolute atomic E-state index is 0. The maximum absolute atomic E-state index is 14.0. The number of nitro groups is 1. The van der Waals surface area contributed by atoms with E-state index in [0.29, 0.717) is 31.5 Å². The summed E-state index contributed by atoms with van der Waals surface area (Å²) < 4.78 is 0. The normalized spacial score (nSPS) is 17.5. The van der Waals surface area contributed by atoms with Crippen LogP contribution in [0.15, 0.2) is 59.6 Å². The number of aliphatic imine (C=N–C) groups is 1. The summed E-state index contributed by atoms with van der Waals surface area (Å²) in [6.45, 7) is 2.90. The number of piperidine rings is 1.